The fourth-order valence-corrected chi connectivity index (χ4v) is 2.41. The van der Waals surface area contributed by atoms with Crippen molar-refractivity contribution in [2.24, 2.45) is 5.14 Å². The normalized spacial score (nSPS) is 11.2. The number of sulfonamides is 1. The van der Waals surface area contributed by atoms with Crippen LogP contribution < -0.4 is 10.5 Å². The van der Waals surface area contributed by atoms with Crippen molar-refractivity contribution in [2.45, 2.75) is 4.90 Å². The topological polar surface area (TPSA) is 133 Å². The minimum absolute atomic E-state index is 0.0381. The number of rotatable bonds is 4. The summed E-state index contributed by atoms with van der Waals surface area (Å²) in [5.74, 6) is 0.00641. The summed E-state index contributed by atoms with van der Waals surface area (Å²) >= 11 is 0. The number of carbonyl (C=O) groups excluding carboxylic acids is 1. The van der Waals surface area contributed by atoms with E-state index in [2.05, 4.69) is 20.6 Å². The molecule has 3 aromatic rings. The Kier molecular flexibility index (Phi) is 4.06. The van der Waals surface area contributed by atoms with Crippen molar-refractivity contribution < 1.29 is 13.2 Å². The zero-order valence-electron chi connectivity index (χ0n) is 12.2. The quantitative estimate of drug-likeness (QED) is 0.710. The Balaban J connectivity index is 1.73. The molecule has 0 aliphatic rings. The molecule has 10 heteroatoms. The molecule has 0 aliphatic carbocycles. The van der Waals surface area contributed by atoms with E-state index in [1.807, 2.05) is 0 Å². The second-order valence-corrected chi connectivity index (χ2v) is 6.31. The van der Waals surface area contributed by atoms with Gasteiger partial charge in [-0.05, 0) is 42.5 Å². The van der Waals surface area contributed by atoms with Crippen LogP contribution in [0.2, 0.25) is 0 Å². The van der Waals surface area contributed by atoms with E-state index in [0.29, 0.717) is 11.5 Å². The van der Waals surface area contributed by atoms with Gasteiger partial charge >= 0.3 is 0 Å². The Labute approximate surface area is 137 Å². The fourth-order valence-electron chi connectivity index (χ4n) is 1.90. The minimum Gasteiger partial charge on any atom is -0.321 e. The fraction of sp³-hybridized carbons (Fsp3) is 0. The molecule has 122 valence electrons. The van der Waals surface area contributed by atoms with Crippen molar-refractivity contribution in [3.05, 3.63) is 60.6 Å². The van der Waals surface area contributed by atoms with E-state index in [-0.39, 0.29) is 10.6 Å². The molecule has 0 fully saturated rings. The van der Waals surface area contributed by atoms with Crippen LogP contribution in [0.15, 0.2) is 59.8 Å². The van der Waals surface area contributed by atoms with Crippen LogP contribution in [-0.4, -0.2) is 34.3 Å². The Morgan fingerprint density at radius 3 is 2.38 bits per heavy atom. The van der Waals surface area contributed by atoms with E-state index in [1.54, 1.807) is 24.5 Å². The molecule has 0 spiro atoms. The third-order valence-electron chi connectivity index (χ3n) is 3.06. The van der Waals surface area contributed by atoms with Crippen LogP contribution in [0, 0.1) is 0 Å². The molecular formula is C14H12N6O3S. The third kappa shape index (κ3) is 3.45. The summed E-state index contributed by atoms with van der Waals surface area (Å²) in [5.41, 5.74) is 0.520. The van der Waals surface area contributed by atoms with Gasteiger partial charge < -0.3 is 5.32 Å². The molecule has 0 atom stereocenters. The summed E-state index contributed by atoms with van der Waals surface area (Å²) in [4.78, 5) is 12.1. The number of nitrogens with two attached hydrogens (primary N) is 1. The lowest BCUT2D eigenvalue weighted by molar-refractivity contribution is 0.102. The van der Waals surface area contributed by atoms with E-state index in [4.69, 9.17) is 5.14 Å². The number of hydrogen-bond donors (Lipinski definition) is 2. The lowest BCUT2D eigenvalue weighted by Crippen LogP contribution is -2.15. The van der Waals surface area contributed by atoms with E-state index in [9.17, 15) is 13.2 Å². The first kappa shape index (κ1) is 15.8. The molecule has 9 nitrogen and oxygen atoms in total. The second kappa shape index (κ2) is 6.18. The van der Waals surface area contributed by atoms with Gasteiger partial charge in [-0.2, -0.15) is 5.10 Å². The van der Waals surface area contributed by atoms with Crippen molar-refractivity contribution >= 4 is 21.6 Å². The zero-order chi connectivity index (χ0) is 17.2. The molecule has 1 aromatic carbocycles. The molecule has 24 heavy (non-hydrogen) atoms. The van der Waals surface area contributed by atoms with E-state index >= 15 is 0 Å². The summed E-state index contributed by atoms with van der Waals surface area (Å²) in [6.07, 6.45) is 3.31. The van der Waals surface area contributed by atoms with Crippen LogP contribution >= 0.6 is 0 Å². The number of amides is 1. The lowest BCUT2D eigenvalue weighted by Gasteiger charge is -2.06. The van der Waals surface area contributed by atoms with Gasteiger partial charge in [-0.25, -0.2) is 18.2 Å². The van der Waals surface area contributed by atoms with Crippen LogP contribution in [0.25, 0.3) is 5.82 Å². The van der Waals surface area contributed by atoms with Gasteiger partial charge in [-0.15, -0.1) is 10.2 Å². The number of nitrogens with one attached hydrogen (secondary N) is 1. The minimum atomic E-state index is -3.77. The van der Waals surface area contributed by atoms with Gasteiger partial charge in [0.25, 0.3) is 5.91 Å². The third-order valence-corrected chi connectivity index (χ3v) is 3.99. The highest BCUT2D eigenvalue weighted by molar-refractivity contribution is 7.89. The van der Waals surface area contributed by atoms with Crippen molar-refractivity contribution in [1.82, 2.24) is 20.0 Å². The second-order valence-electron chi connectivity index (χ2n) is 4.75. The highest BCUT2D eigenvalue weighted by Crippen LogP contribution is 2.13. The molecule has 3 rings (SSSR count). The largest absolute Gasteiger partial charge is 0.321 e. The van der Waals surface area contributed by atoms with Gasteiger partial charge in [0, 0.05) is 18.1 Å². The van der Waals surface area contributed by atoms with Crippen molar-refractivity contribution in [2.75, 3.05) is 5.32 Å². The molecule has 2 heterocycles. The molecule has 1 amide bonds. The van der Waals surface area contributed by atoms with Crippen LogP contribution in [0.1, 0.15) is 10.5 Å². The number of aromatic nitrogens is 4. The average molecular weight is 344 g/mol. The highest BCUT2D eigenvalue weighted by atomic mass is 32.2. The number of benzene rings is 1. The number of primary sulfonamides is 1. The maximum atomic E-state index is 12.1. The first-order chi connectivity index (χ1) is 11.4. The van der Waals surface area contributed by atoms with Gasteiger partial charge in [0.05, 0.1) is 4.90 Å². The predicted octanol–water partition coefficient (Wildman–Crippen LogP) is 0.562. The van der Waals surface area contributed by atoms with Gasteiger partial charge in [0.1, 0.15) is 0 Å². The lowest BCUT2D eigenvalue weighted by atomic mass is 10.3. The SMILES string of the molecule is NS(=O)(=O)c1ccc(NC(=O)c2ccc(-n3cccn3)nn2)cc1. The monoisotopic (exact) mass is 344 g/mol. The van der Waals surface area contributed by atoms with Gasteiger partial charge in [0.15, 0.2) is 11.5 Å². The molecule has 0 saturated carbocycles. The predicted molar refractivity (Wildman–Crippen MR) is 84.9 cm³/mol. The van der Waals surface area contributed by atoms with Crippen LogP contribution in [-0.2, 0) is 10.0 Å². The van der Waals surface area contributed by atoms with E-state index < -0.39 is 15.9 Å². The van der Waals surface area contributed by atoms with Crippen molar-refractivity contribution in [3.8, 4) is 5.82 Å². The van der Waals surface area contributed by atoms with Crippen LogP contribution in [0.5, 0.6) is 0 Å². The first-order valence-electron chi connectivity index (χ1n) is 6.71. The van der Waals surface area contributed by atoms with Gasteiger partial charge in [0.2, 0.25) is 10.0 Å². The first-order valence-corrected chi connectivity index (χ1v) is 8.26. The number of hydrogen-bond acceptors (Lipinski definition) is 6. The van der Waals surface area contributed by atoms with Crippen molar-refractivity contribution in [1.29, 1.82) is 0 Å². The van der Waals surface area contributed by atoms with Gasteiger partial charge in [-0.3, -0.25) is 4.79 Å². The zero-order valence-corrected chi connectivity index (χ0v) is 13.0. The average Bonchev–Trinajstić information content (AvgIpc) is 3.09. The maximum absolute atomic E-state index is 12.1. The summed E-state index contributed by atoms with van der Waals surface area (Å²) < 4.78 is 23.9. The molecule has 3 N–H and O–H groups in total. The molecule has 0 aliphatic heterocycles. The Morgan fingerprint density at radius 2 is 1.83 bits per heavy atom. The van der Waals surface area contributed by atoms with Crippen LogP contribution in [0.4, 0.5) is 5.69 Å². The number of carbonyl (C=O) groups is 1. The molecule has 0 saturated heterocycles. The molecular weight excluding hydrogens is 332 g/mol. The highest BCUT2D eigenvalue weighted by Gasteiger charge is 2.11. The molecule has 0 bridgehead atoms. The molecule has 2 aromatic heterocycles. The Bertz CT molecular complexity index is 951. The van der Waals surface area contributed by atoms with E-state index in [1.165, 1.54) is 35.0 Å². The van der Waals surface area contributed by atoms with Crippen LogP contribution in [0.3, 0.4) is 0 Å². The number of nitrogens with zero attached hydrogens (tertiary/aromatic N) is 4. The summed E-state index contributed by atoms with van der Waals surface area (Å²) in [7, 11) is -3.77. The summed E-state index contributed by atoms with van der Waals surface area (Å²) in [6.45, 7) is 0. The molecule has 0 unspecified atom stereocenters. The van der Waals surface area contributed by atoms with Crippen molar-refractivity contribution in [3.63, 3.8) is 0 Å². The summed E-state index contributed by atoms with van der Waals surface area (Å²) in [6, 6.07) is 10.3. The standard InChI is InChI=1S/C14H12N6O3S/c15-24(22,23)11-4-2-10(3-5-11)17-14(21)12-6-7-13(19-18-12)20-9-1-8-16-20/h1-9H,(H,17,21)(H2,15,22,23). The smallest absolute Gasteiger partial charge is 0.276 e. The summed E-state index contributed by atoms with van der Waals surface area (Å²) in [5, 5.41) is 19.4. The molecule has 0 radical (unpaired) electrons. The number of anilines is 1. The van der Waals surface area contributed by atoms with E-state index in [0.717, 1.165) is 0 Å². The maximum Gasteiger partial charge on any atom is 0.276 e. The Hall–Kier alpha value is -3.11. The Morgan fingerprint density at radius 1 is 1.08 bits per heavy atom. The van der Waals surface area contributed by atoms with Gasteiger partial charge in [-0.1, -0.05) is 0 Å².